The van der Waals surface area contributed by atoms with Crippen molar-refractivity contribution in [3.8, 4) is 11.1 Å². The molecule has 0 aliphatic heterocycles. The third-order valence-electron chi connectivity index (χ3n) is 2.37. The molecular formula is C12H6Cl2FO2S-. The SMILES string of the molecule is O=S([O-])c1ccc(-c2cccc(Cl)c2Cl)cc1F. The number of hydrogen-bond donors (Lipinski definition) is 0. The van der Waals surface area contributed by atoms with Crippen molar-refractivity contribution in [2.45, 2.75) is 4.90 Å². The van der Waals surface area contributed by atoms with Crippen LogP contribution in [0.25, 0.3) is 11.1 Å². The molecule has 2 nitrogen and oxygen atoms in total. The van der Waals surface area contributed by atoms with Crippen LogP contribution in [0, 0.1) is 5.82 Å². The molecule has 0 amide bonds. The van der Waals surface area contributed by atoms with E-state index in [9.17, 15) is 13.2 Å². The molecule has 2 rings (SSSR count). The minimum absolute atomic E-state index is 0.301. The summed E-state index contributed by atoms with van der Waals surface area (Å²) in [5.74, 6) is -0.822. The average Bonchev–Trinajstić information content (AvgIpc) is 2.32. The van der Waals surface area contributed by atoms with Crippen LogP contribution in [0.1, 0.15) is 0 Å². The third kappa shape index (κ3) is 2.57. The molecular weight excluding hydrogens is 298 g/mol. The van der Waals surface area contributed by atoms with Gasteiger partial charge in [-0.05, 0) is 34.8 Å². The second-order valence-corrected chi connectivity index (χ2v) is 5.18. The minimum atomic E-state index is -2.60. The van der Waals surface area contributed by atoms with E-state index in [0.29, 0.717) is 21.2 Å². The monoisotopic (exact) mass is 303 g/mol. The molecule has 2 aromatic rings. The smallest absolute Gasteiger partial charge is 0.138 e. The van der Waals surface area contributed by atoms with E-state index in [-0.39, 0.29) is 4.90 Å². The molecule has 0 saturated carbocycles. The van der Waals surface area contributed by atoms with Gasteiger partial charge in [0.05, 0.1) is 14.9 Å². The number of benzene rings is 2. The van der Waals surface area contributed by atoms with Crippen LogP contribution in [-0.2, 0) is 11.1 Å². The zero-order valence-electron chi connectivity index (χ0n) is 8.82. The van der Waals surface area contributed by atoms with Gasteiger partial charge in [0.25, 0.3) is 0 Å². The molecule has 0 aromatic heterocycles. The summed E-state index contributed by atoms with van der Waals surface area (Å²) in [5, 5.41) is 0.653. The molecule has 0 bridgehead atoms. The molecule has 0 fully saturated rings. The molecule has 0 radical (unpaired) electrons. The number of halogens is 3. The molecule has 0 spiro atoms. The van der Waals surface area contributed by atoms with Crippen molar-refractivity contribution in [2.24, 2.45) is 0 Å². The molecule has 1 atom stereocenters. The van der Waals surface area contributed by atoms with Crippen molar-refractivity contribution < 1.29 is 13.2 Å². The molecule has 0 aliphatic rings. The largest absolute Gasteiger partial charge is 0.768 e. The lowest BCUT2D eigenvalue weighted by atomic mass is 10.1. The maximum Gasteiger partial charge on any atom is 0.138 e. The maximum absolute atomic E-state index is 13.5. The van der Waals surface area contributed by atoms with Crippen LogP contribution in [0.5, 0.6) is 0 Å². The van der Waals surface area contributed by atoms with Gasteiger partial charge in [0.2, 0.25) is 0 Å². The third-order valence-corrected chi connectivity index (χ3v) is 3.88. The Balaban J connectivity index is 2.56. The Morgan fingerprint density at radius 1 is 1.17 bits per heavy atom. The van der Waals surface area contributed by atoms with Crippen LogP contribution in [0.3, 0.4) is 0 Å². The predicted octanol–water partition coefficient (Wildman–Crippen LogP) is 4.04. The first-order valence-electron chi connectivity index (χ1n) is 4.84. The van der Waals surface area contributed by atoms with Crippen LogP contribution in [0.2, 0.25) is 10.0 Å². The van der Waals surface area contributed by atoms with Crippen molar-refractivity contribution in [1.29, 1.82) is 0 Å². The Morgan fingerprint density at radius 3 is 2.50 bits per heavy atom. The number of hydrogen-bond acceptors (Lipinski definition) is 2. The lowest BCUT2D eigenvalue weighted by Gasteiger charge is -2.10. The summed E-state index contributed by atoms with van der Waals surface area (Å²) in [5.41, 5.74) is 1.01. The Morgan fingerprint density at radius 2 is 1.89 bits per heavy atom. The van der Waals surface area contributed by atoms with Gasteiger partial charge in [-0.1, -0.05) is 41.4 Å². The summed E-state index contributed by atoms with van der Waals surface area (Å²) < 4.78 is 35.0. The minimum Gasteiger partial charge on any atom is -0.768 e. The first-order valence-corrected chi connectivity index (χ1v) is 6.67. The van der Waals surface area contributed by atoms with Crippen LogP contribution in [0.4, 0.5) is 4.39 Å². The first-order chi connectivity index (χ1) is 8.50. The molecule has 94 valence electrons. The van der Waals surface area contributed by atoms with E-state index in [1.54, 1.807) is 18.2 Å². The quantitative estimate of drug-likeness (QED) is 0.786. The van der Waals surface area contributed by atoms with Gasteiger partial charge in [0.1, 0.15) is 5.82 Å². The molecule has 6 heteroatoms. The second kappa shape index (κ2) is 5.36. The van der Waals surface area contributed by atoms with Crippen molar-refractivity contribution >= 4 is 34.3 Å². The molecule has 18 heavy (non-hydrogen) atoms. The summed E-state index contributed by atoms with van der Waals surface area (Å²) >= 11 is 9.27. The second-order valence-electron chi connectivity index (χ2n) is 3.48. The van der Waals surface area contributed by atoms with E-state index in [4.69, 9.17) is 23.2 Å². The van der Waals surface area contributed by atoms with Gasteiger partial charge in [0.15, 0.2) is 0 Å². The fourth-order valence-corrected chi connectivity index (χ4v) is 2.34. The van der Waals surface area contributed by atoms with Gasteiger partial charge < -0.3 is 4.55 Å². The topological polar surface area (TPSA) is 40.1 Å². The van der Waals surface area contributed by atoms with Crippen LogP contribution in [0.15, 0.2) is 41.3 Å². The molecule has 1 unspecified atom stereocenters. The highest BCUT2D eigenvalue weighted by molar-refractivity contribution is 7.79. The van der Waals surface area contributed by atoms with E-state index in [1.807, 2.05) is 0 Å². The van der Waals surface area contributed by atoms with E-state index in [1.165, 1.54) is 12.1 Å². The maximum atomic E-state index is 13.5. The Bertz CT molecular complexity index is 631. The standard InChI is InChI=1S/C12H7Cl2FO2S/c13-9-3-1-2-8(12(9)14)7-4-5-11(18(16)17)10(15)6-7/h1-6H,(H,16,17)/p-1. The summed E-state index contributed by atoms with van der Waals surface area (Å²) in [7, 11) is 0. The van der Waals surface area contributed by atoms with E-state index in [2.05, 4.69) is 0 Å². The highest BCUT2D eigenvalue weighted by atomic mass is 35.5. The van der Waals surface area contributed by atoms with Crippen LogP contribution < -0.4 is 0 Å². The van der Waals surface area contributed by atoms with Gasteiger partial charge in [0, 0.05) is 5.56 Å². The van der Waals surface area contributed by atoms with E-state index in [0.717, 1.165) is 6.07 Å². The lowest BCUT2D eigenvalue weighted by molar-refractivity contribution is 0.523. The molecule has 0 aliphatic carbocycles. The average molecular weight is 304 g/mol. The zero-order valence-corrected chi connectivity index (χ0v) is 11.2. The van der Waals surface area contributed by atoms with Crippen LogP contribution >= 0.6 is 23.2 Å². The number of rotatable bonds is 2. The highest BCUT2D eigenvalue weighted by Crippen LogP contribution is 2.34. The lowest BCUT2D eigenvalue weighted by Crippen LogP contribution is -1.94. The predicted molar refractivity (Wildman–Crippen MR) is 69.0 cm³/mol. The van der Waals surface area contributed by atoms with Gasteiger partial charge in [-0.25, -0.2) is 4.39 Å². The summed E-state index contributed by atoms with van der Waals surface area (Å²) in [6.45, 7) is 0. The Hall–Kier alpha value is -0.940. The van der Waals surface area contributed by atoms with Crippen molar-refractivity contribution in [2.75, 3.05) is 0 Å². The summed E-state index contributed by atoms with van der Waals surface area (Å²) in [6, 6.07) is 8.75. The summed E-state index contributed by atoms with van der Waals surface area (Å²) in [6.07, 6.45) is 0. The highest BCUT2D eigenvalue weighted by Gasteiger charge is 2.10. The first kappa shape index (κ1) is 13.5. The van der Waals surface area contributed by atoms with Gasteiger partial charge in [-0.2, -0.15) is 0 Å². The van der Waals surface area contributed by atoms with Crippen molar-refractivity contribution in [1.82, 2.24) is 0 Å². The normalized spacial score (nSPS) is 12.4. The fraction of sp³-hybridized carbons (Fsp3) is 0. The molecule has 0 saturated heterocycles. The Labute approximate surface area is 116 Å². The van der Waals surface area contributed by atoms with Crippen LogP contribution in [-0.4, -0.2) is 8.76 Å². The van der Waals surface area contributed by atoms with Gasteiger partial charge >= 0.3 is 0 Å². The summed E-state index contributed by atoms with van der Waals surface area (Å²) in [4.78, 5) is -0.378. The molecule has 0 heterocycles. The van der Waals surface area contributed by atoms with Gasteiger partial charge in [-0.15, -0.1) is 0 Å². The van der Waals surface area contributed by atoms with E-state index < -0.39 is 16.9 Å². The fourth-order valence-electron chi connectivity index (χ4n) is 1.53. The Kier molecular flexibility index (Phi) is 4.02. The van der Waals surface area contributed by atoms with E-state index >= 15 is 0 Å². The zero-order chi connectivity index (χ0) is 13.3. The van der Waals surface area contributed by atoms with Gasteiger partial charge in [-0.3, -0.25) is 4.21 Å². The van der Waals surface area contributed by atoms with Crippen molar-refractivity contribution in [3.05, 3.63) is 52.3 Å². The van der Waals surface area contributed by atoms with Crippen molar-refractivity contribution in [3.63, 3.8) is 0 Å². The molecule has 0 N–H and O–H groups in total. The molecule has 2 aromatic carbocycles.